The summed E-state index contributed by atoms with van der Waals surface area (Å²) in [5.74, 6) is 0. The Labute approximate surface area is 286 Å². The third-order valence-corrected chi connectivity index (χ3v) is 12.1. The first-order chi connectivity index (χ1) is 23.9. The maximum Gasteiger partial charge on any atom is 0.0620 e. The number of hydrogen-bond donors (Lipinski definition) is 0. The number of rotatable bonds is 2. The Kier molecular flexibility index (Phi) is 5.05. The van der Waals surface area contributed by atoms with E-state index in [1.807, 2.05) is 0 Å². The fourth-order valence-electron chi connectivity index (χ4n) is 10.2. The number of hydrogen-bond acceptors (Lipinski definition) is 0. The summed E-state index contributed by atoms with van der Waals surface area (Å²) in [5, 5.41) is 5.32. The van der Waals surface area contributed by atoms with Gasteiger partial charge in [0.25, 0.3) is 0 Å². The van der Waals surface area contributed by atoms with Crippen LogP contribution in [0.5, 0.6) is 0 Å². The van der Waals surface area contributed by atoms with Crippen molar-refractivity contribution in [2.45, 2.75) is 38.5 Å². The van der Waals surface area contributed by atoms with Gasteiger partial charge < -0.3 is 4.40 Å². The fraction of sp³-hybridized carbons (Fsp3) is 0.125. The van der Waals surface area contributed by atoms with Crippen LogP contribution in [0.1, 0.15) is 49.9 Å². The smallest absolute Gasteiger partial charge is 0.0620 e. The second-order valence-electron chi connectivity index (χ2n) is 15.2. The van der Waals surface area contributed by atoms with Crippen LogP contribution < -0.4 is 0 Å². The maximum atomic E-state index is 2.55. The van der Waals surface area contributed by atoms with Crippen molar-refractivity contribution in [3.05, 3.63) is 162 Å². The summed E-state index contributed by atoms with van der Waals surface area (Å²) >= 11 is 0. The summed E-state index contributed by atoms with van der Waals surface area (Å²) in [4.78, 5) is 0. The van der Waals surface area contributed by atoms with Gasteiger partial charge in [0.2, 0.25) is 0 Å². The lowest BCUT2D eigenvalue weighted by Gasteiger charge is -2.25. The molecule has 2 aliphatic carbocycles. The van der Waals surface area contributed by atoms with Gasteiger partial charge in [0.15, 0.2) is 0 Å². The minimum Gasteiger partial charge on any atom is -0.308 e. The molecular formula is C48H35N. The van der Waals surface area contributed by atoms with Crippen LogP contribution in [0, 0.1) is 0 Å². The summed E-state index contributed by atoms with van der Waals surface area (Å²) < 4.78 is 2.55. The minimum atomic E-state index is -0.0871. The Balaban J connectivity index is 1.21. The number of benzene rings is 7. The zero-order chi connectivity index (χ0) is 32.8. The monoisotopic (exact) mass is 625 g/mol. The topological polar surface area (TPSA) is 4.41 Å². The Bertz CT molecular complexity index is 2680. The molecule has 0 unspecified atom stereocenters. The standard InChI is InChI=1S/C48H35N/c1-47(2)38-24-7-5-14-28(38)32-18-9-20-34(44(32)47)30-16-12-26-40-42(30)36-22-11-23-37-43-31(17-13-27-41(43)49(40)46(36)37)35-21-10-19-33-29-15-6-8-25-39(29)48(3,4)45(33)35/h5-27H,1-4H3. The van der Waals surface area contributed by atoms with E-state index in [0.29, 0.717) is 0 Å². The average Bonchev–Trinajstić information content (AvgIpc) is 3.80. The van der Waals surface area contributed by atoms with Crippen molar-refractivity contribution < 1.29 is 0 Å². The van der Waals surface area contributed by atoms with Crippen LogP contribution in [0.25, 0.3) is 82.6 Å². The largest absolute Gasteiger partial charge is 0.308 e. The molecule has 0 saturated heterocycles. The van der Waals surface area contributed by atoms with E-state index in [0.717, 1.165) is 0 Å². The molecule has 2 heterocycles. The molecule has 1 nitrogen and oxygen atoms in total. The molecule has 0 fully saturated rings. The van der Waals surface area contributed by atoms with E-state index in [1.54, 1.807) is 0 Å². The van der Waals surface area contributed by atoms with Crippen LogP contribution in [0.15, 0.2) is 140 Å². The number of aromatic nitrogens is 1. The average molecular weight is 626 g/mol. The molecule has 0 amide bonds. The Hall–Kier alpha value is -5.66. The summed E-state index contributed by atoms with van der Waals surface area (Å²) in [6.45, 7) is 9.57. The molecule has 0 aliphatic heterocycles. The van der Waals surface area contributed by atoms with Crippen LogP contribution >= 0.6 is 0 Å². The predicted octanol–water partition coefficient (Wildman–Crippen LogP) is 12.8. The van der Waals surface area contributed by atoms with Crippen molar-refractivity contribution in [3.8, 4) is 44.5 Å². The zero-order valence-electron chi connectivity index (χ0n) is 28.2. The Morgan fingerprint density at radius 3 is 1.16 bits per heavy atom. The molecule has 0 spiro atoms. The highest BCUT2D eigenvalue weighted by molar-refractivity contribution is 6.28. The summed E-state index contributed by atoms with van der Waals surface area (Å²) in [6, 6.07) is 52.6. The van der Waals surface area contributed by atoms with Gasteiger partial charge in [-0.05, 0) is 78.9 Å². The lowest BCUT2D eigenvalue weighted by atomic mass is 9.78. The molecule has 9 aromatic rings. The van der Waals surface area contributed by atoms with E-state index >= 15 is 0 Å². The van der Waals surface area contributed by atoms with Crippen LogP contribution in [0.3, 0.4) is 0 Å². The maximum absolute atomic E-state index is 2.55. The molecule has 232 valence electrons. The highest BCUT2D eigenvalue weighted by Gasteiger charge is 2.39. The molecular weight excluding hydrogens is 591 g/mol. The predicted molar refractivity (Wildman–Crippen MR) is 207 cm³/mol. The van der Waals surface area contributed by atoms with Gasteiger partial charge in [-0.2, -0.15) is 0 Å². The van der Waals surface area contributed by atoms with Crippen molar-refractivity contribution in [2.75, 3.05) is 0 Å². The molecule has 49 heavy (non-hydrogen) atoms. The van der Waals surface area contributed by atoms with E-state index in [9.17, 15) is 0 Å². The zero-order valence-corrected chi connectivity index (χ0v) is 28.2. The molecule has 0 radical (unpaired) electrons. The molecule has 7 aromatic carbocycles. The first kappa shape index (κ1) is 27.3. The van der Waals surface area contributed by atoms with Crippen molar-refractivity contribution >= 4 is 38.1 Å². The Morgan fingerprint density at radius 2 is 0.694 bits per heavy atom. The van der Waals surface area contributed by atoms with Crippen molar-refractivity contribution in [2.24, 2.45) is 0 Å². The van der Waals surface area contributed by atoms with E-state index < -0.39 is 0 Å². The van der Waals surface area contributed by atoms with Crippen LogP contribution in [0.2, 0.25) is 0 Å². The normalized spacial score (nSPS) is 15.3. The molecule has 1 heteroatoms. The SMILES string of the molecule is CC1(C)c2ccccc2-c2cccc(-c3cccc4c3c3cccc5c6c(-c7cccc8c7C(C)(C)c7ccccc7-8)cccc6n4c35)c21. The molecule has 2 aromatic heterocycles. The first-order valence-corrected chi connectivity index (χ1v) is 17.5. The van der Waals surface area contributed by atoms with Gasteiger partial charge in [-0.3, -0.25) is 0 Å². The van der Waals surface area contributed by atoms with Crippen molar-refractivity contribution in [3.63, 3.8) is 0 Å². The third kappa shape index (κ3) is 3.22. The van der Waals surface area contributed by atoms with Crippen molar-refractivity contribution in [1.29, 1.82) is 0 Å². The Morgan fingerprint density at radius 1 is 0.347 bits per heavy atom. The van der Waals surface area contributed by atoms with Crippen LogP contribution in [0.4, 0.5) is 0 Å². The lowest BCUT2D eigenvalue weighted by molar-refractivity contribution is 0.662. The lowest BCUT2D eigenvalue weighted by Crippen LogP contribution is -2.16. The van der Waals surface area contributed by atoms with Gasteiger partial charge in [0, 0.05) is 32.4 Å². The number of nitrogens with zero attached hydrogens (tertiary/aromatic N) is 1. The molecule has 11 rings (SSSR count). The van der Waals surface area contributed by atoms with Gasteiger partial charge in [-0.15, -0.1) is 0 Å². The van der Waals surface area contributed by atoms with Gasteiger partial charge in [0.05, 0.1) is 16.6 Å². The van der Waals surface area contributed by atoms with Gasteiger partial charge in [-0.1, -0.05) is 155 Å². The van der Waals surface area contributed by atoms with Gasteiger partial charge in [0.1, 0.15) is 0 Å². The quantitative estimate of drug-likeness (QED) is 0.180. The van der Waals surface area contributed by atoms with Gasteiger partial charge >= 0.3 is 0 Å². The summed E-state index contributed by atoms with van der Waals surface area (Å²) in [7, 11) is 0. The number of para-hydroxylation sites is 1. The fourth-order valence-corrected chi connectivity index (χ4v) is 10.2. The first-order valence-electron chi connectivity index (χ1n) is 17.5. The van der Waals surface area contributed by atoms with Crippen LogP contribution in [-0.4, -0.2) is 4.40 Å². The molecule has 0 bridgehead atoms. The molecule has 0 saturated carbocycles. The number of fused-ring (bicyclic) bond motifs is 12. The van der Waals surface area contributed by atoms with Crippen molar-refractivity contribution in [1.82, 2.24) is 4.40 Å². The van der Waals surface area contributed by atoms with E-state index in [4.69, 9.17) is 0 Å². The highest BCUT2D eigenvalue weighted by atomic mass is 14.9. The molecule has 2 aliphatic rings. The van der Waals surface area contributed by atoms with Gasteiger partial charge in [-0.25, -0.2) is 0 Å². The van der Waals surface area contributed by atoms with E-state index in [-0.39, 0.29) is 10.8 Å². The van der Waals surface area contributed by atoms with E-state index in [2.05, 4.69) is 172 Å². The second-order valence-corrected chi connectivity index (χ2v) is 15.2. The summed E-state index contributed by atoms with van der Waals surface area (Å²) in [5.41, 5.74) is 20.1. The van der Waals surface area contributed by atoms with Crippen LogP contribution in [-0.2, 0) is 10.8 Å². The minimum absolute atomic E-state index is 0.0871. The molecule has 0 N–H and O–H groups in total. The van der Waals surface area contributed by atoms with E-state index in [1.165, 1.54) is 105 Å². The summed E-state index contributed by atoms with van der Waals surface area (Å²) in [6.07, 6.45) is 0. The third-order valence-electron chi connectivity index (χ3n) is 12.1. The second kappa shape index (κ2) is 9.07. The highest BCUT2D eigenvalue weighted by Crippen LogP contribution is 2.55. The molecule has 0 atom stereocenters.